The third-order valence-corrected chi connectivity index (χ3v) is 12.2. The first kappa shape index (κ1) is 66.1. The quantitative estimate of drug-likeness (QED) is 0.0262. The maximum Gasteiger partial charge on any atom is 0.306 e. The summed E-state index contributed by atoms with van der Waals surface area (Å²) in [7, 11) is 0. The van der Waals surface area contributed by atoms with Crippen LogP contribution in [0, 0.1) is 0 Å². The first-order valence-corrected chi connectivity index (χ1v) is 29.0. The summed E-state index contributed by atoms with van der Waals surface area (Å²) in [6, 6.07) is 0. The Hall–Kier alpha value is -3.93. The molecular weight excluding hydrogens is 865 g/mol. The lowest BCUT2D eigenvalue weighted by Gasteiger charge is -2.18. The Kier molecular flexibility index (Phi) is 54.4. The van der Waals surface area contributed by atoms with E-state index in [2.05, 4.69) is 81.5 Å². The molecular formula is C64H106O6. The fourth-order valence-corrected chi connectivity index (χ4v) is 7.89. The topological polar surface area (TPSA) is 78.9 Å². The van der Waals surface area contributed by atoms with E-state index >= 15 is 0 Å². The van der Waals surface area contributed by atoms with E-state index in [0.717, 1.165) is 96.3 Å². The number of hydrogen-bond donors (Lipinski definition) is 0. The number of allylic oxidation sites excluding steroid dienone is 18. The third-order valence-electron chi connectivity index (χ3n) is 12.2. The molecule has 0 spiro atoms. The van der Waals surface area contributed by atoms with Crippen LogP contribution in [0.5, 0.6) is 0 Å². The Balaban J connectivity index is 4.48. The minimum Gasteiger partial charge on any atom is -0.462 e. The molecule has 0 fully saturated rings. The molecule has 0 saturated carbocycles. The van der Waals surface area contributed by atoms with Crippen LogP contribution in [0.1, 0.15) is 258 Å². The summed E-state index contributed by atoms with van der Waals surface area (Å²) in [5, 5.41) is 0. The van der Waals surface area contributed by atoms with Gasteiger partial charge in [-0.25, -0.2) is 0 Å². The molecule has 1 unspecified atom stereocenters. The molecule has 0 aromatic rings. The Morgan fingerprint density at radius 2 is 0.557 bits per heavy atom. The average molecular weight is 972 g/mol. The van der Waals surface area contributed by atoms with Crippen molar-refractivity contribution >= 4 is 17.9 Å². The molecule has 1 atom stereocenters. The van der Waals surface area contributed by atoms with E-state index in [-0.39, 0.29) is 31.1 Å². The first-order chi connectivity index (χ1) is 34.5. The van der Waals surface area contributed by atoms with Crippen molar-refractivity contribution in [1.82, 2.24) is 0 Å². The second-order valence-corrected chi connectivity index (χ2v) is 19.0. The zero-order chi connectivity index (χ0) is 50.7. The van der Waals surface area contributed by atoms with Gasteiger partial charge in [-0.15, -0.1) is 0 Å². The van der Waals surface area contributed by atoms with Crippen LogP contribution in [0.25, 0.3) is 0 Å². The Labute approximate surface area is 431 Å². The van der Waals surface area contributed by atoms with E-state index in [1.807, 2.05) is 48.6 Å². The van der Waals surface area contributed by atoms with E-state index in [9.17, 15) is 14.4 Å². The predicted molar refractivity (Wildman–Crippen MR) is 302 cm³/mol. The SMILES string of the molecule is CC\C=C/C=C\C=C/C=C\C=C/CCCCCC(=O)OCC(COC(=O)CCCCCCCCCCCCCCCCCCCCC)OC(=O)CCCCCCC\C=C/C=C\C=C/C=C\CCCCC. The highest BCUT2D eigenvalue weighted by molar-refractivity contribution is 5.71. The second kappa shape index (κ2) is 57.6. The molecule has 0 saturated heterocycles. The van der Waals surface area contributed by atoms with Crippen LogP contribution < -0.4 is 0 Å². The van der Waals surface area contributed by atoms with Crippen molar-refractivity contribution in [3.63, 3.8) is 0 Å². The fraction of sp³-hybridized carbons (Fsp3) is 0.672. The van der Waals surface area contributed by atoms with E-state index in [1.54, 1.807) is 0 Å². The summed E-state index contributed by atoms with van der Waals surface area (Å²) in [6.07, 6.45) is 77.9. The van der Waals surface area contributed by atoms with Crippen molar-refractivity contribution < 1.29 is 28.6 Å². The second-order valence-electron chi connectivity index (χ2n) is 19.0. The summed E-state index contributed by atoms with van der Waals surface area (Å²) in [6.45, 7) is 6.42. The van der Waals surface area contributed by atoms with Gasteiger partial charge in [0.1, 0.15) is 13.2 Å². The van der Waals surface area contributed by atoms with Crippen LogP contribution in [-0.4, -0.2) is 37.2 Å². The third kappa shape index (κ3) is 55.0. The summed E-state index contributed by atoms with van der Waals surface area (Å²) < 4.78 is 16.8. The highest BCUT2D eigenvalue weighted by Gasteiger charge is 2.19. The number of ether oxygens (including phenoxy) is 3. The van der Waals surface area contributed by atoms with Gasteiger partial charge in [0.2, 0.25) is 0 Å². The van der Waals surface area contributed by atoms with Crippen LogP contribution in [0.2, 0.25) is 0 Å². The zero-order valence-electron chi connectivity index (χ0n) is 45.5. The first-order valence-electron chi connectivity index (χ1n) is 29.0. The summed E-state index contributed by atoms with van der Waals surface area (Å²) in [5.41, 5.74) is 0. The number of unbranched alkanes of at least 4 members (excludes halogenated alkanes) is 29. The van der Waals surface area contributed by atoms with Crippen molar-refractivity contribution in [2.75, 3.05) is 13.2 Å². The van der Waals surface area contributed by atoms with Gasteiger partial charge in [0.15, 0.2) is 6.10 Å². The molecule has 0 aromatic heterocycles. The van der Waals surface area contributed by atoms with Crippen LogP contribution in [0.3, 0.4) is 0 Å². The normalized spacial score (nSPS) is 12.9. The molecule has 0 aromatic carbocycles. The highest BCUT2D eigenvalue weighted by Crippen LogP contribution is 2.16. The van der Waals surface area contributed by atoms with E-state index in [0.29, 0.717) is 19.3 Å². The van der Waals surface area contributed by atoms with Gasteiger partial charge in [-0.3, -0.25) is 14.4 Å². The van der Waals surface area contributed by atoms with Crippen molar-refractivity contribution in [3.8, 4) is 0 Å². The lowest BCUT2D eigenvalue weighted by atomic mass is 10.0. The molecule has 0 amide bonds. The summed E-state index contributed by atoms with van der Waals surface area (Å²) in [4.78, 5) is 38.2. The molecule has 0 aliphatic heterocycles. The zero-order valence-corrected chi connectivity index (χ0v) is 45.5. The van der Waals surface area contributed by atoms with Gasteiger partial charge in [-0.05, 0) is 64.2 Å². The van der Waals surface area contributed by atoms with E-state index < -0.39 is 6.10 Å². The van der Waals surface area contributed by atoms with Gasteiger partial charge in [0.05, 0.1) is 0 Å². The fourth-order valence-electron chi connectivity index (χ4n) is 7.89. The highest BCUT2D eigenvalue weighted by atomic mass is 16.6. The largest absolute Gasteiger partial charge is 0.462 e. The van der Waals surface area contributed by atoms with Crippen molar-refractivity contribution in [1.29, 1.82) is 0 Å². The molecule has 70 heavy (non-hydrogen) atoms. The smallest absolute Gasteiger partial charge is 0.306 e. The lowest BCUT2D eigenvalue weighted by molar-refractivity contribution is -0.167. The molecule has 0 N–H and O–H groups in total. The summed E-state index contributed by atoms with van der Waals surface area (Å²) in [5.74, 6) is -0.964. The van der Waals surface area contributed by atoms with E-state index in [4.69, 9.17) is 14.2 Å². The van der Waals surface area contributed by atoms with Crippen molar-refractivity contribution in [2.24, 2.45) is 0 Å². The molecule has 6 nitrogen and oxygen atoms in total. The van der Waals surface area contributed by atoms with Crippen LogP contribution >= 0.6 is 0 Å². The van der Waals surface area contributed by atoms with Crippen LogP contribution in [-0.2, 0) is 28.6 Å². The predicted octanol–water partition coefficient (Wildman–Crippen LogP) is 19.5. The minimum atomic E-state index is -0.809. The van der Waals surface area contributed by atoms with Crippen LogP contribution in [0.4, 0.5) is 0 Å². The number of rotatable bonds is 51. The van der Waals surface area contributed by atoms with Gasteiger partial charge < -0.3 is 14.2 Å². The Morgan fingerprint density at radius 1 is 0.300 bits per heavy atom. The van der Waals surface area contributed by atoms with Crippen molar-refractivity contribution in [2.45, 2.75) is 264 Å². The molecule has 0 bridgehead atoms. The van der Waals surface area contributed by atoms with Gasteiger partial charge in [0, 0.05) is 19.3 Å². The minimum absolute atomic E-state index is 0.101. The standard InChI is InChI=1S/C64H106O6/c1-4-7-10-13-16-19-22-25-28-30-32-34-36-39-42-45-48-51-54-57-63(66)69-60-61(59-68-62(65)56-53-50-47-44-41-38-35-27-24-21-18-15-12-9-6-3)70-64(67)58-55-52-49-46-43-40-37-33-31-29-26-23-20-17-14-11-8-5-2/h9,12,15,17-18,20-21,23-24,26-27,29,31,33,35,37-38,41,61H,4-8,10-11,13-14,16,19,22,25,28,30,32,34,36,39-40,42-60H2,1-3H3/b12-9-,18-15-,20-17-,24-21-,26-23-,31-29-,35-27-,37-33-,41-38-. The molecule has 0 aliphatic carbocycles. The van der Waals surface area contributed by atoms with Gasteiger partial charge >= 0.3 is 17.9 Å². The average Bonchev–Trinajstić information content (AvgIpc) is 3.36. The maximum atomic E-state index is 12.9. The van der Waals surface area contributed by atoms with Crippen LogP contribution in [0.15, 0.2) is 109 Å². The number of carbonyl (C=O) groups is 3. The molecule has 0 radical (unpaired) electrons. The lowest BCUT2D eigenvalue weighted by Crippen LogP contribution is -2.30. The Bertz CT molecular complexity index is 1440. The number of esters is 3. The number of carbonyl (C=O) groups excluding carboxylic acids is 3. The molecule has 0 rings (SSSR count). The Morgan fingerprint density at radius 3 is 0.914 bits per heavy atom. The van der Waals surface area contributed by atoms with Gasteiger partial charge in [-0.2, -0.15) is 0 Å². The monoisotopic (exact) mass is 971 g/mol. The number of hydrogen-bond acceptors (Lipinski definition) is 6. The van der Waals surface area contributed by atoms with Gasteiger partial charge in [-0.1, -0.05) is 284 Å². The molecule has 6 heteroatoms. The molecule has 398 valence electrons. The van der Waals surface area contributed by atoms with Crippen molar-refractivity contribution in [3.05, 3.63) is 109 Å². The molecule has 0 heterocycles. The van der Waals surface area contributed by atoms with E-state index in [1.165, 1.54) is 122 Å². The van der Waals surface area contributed by atoms with Gasteiger partial charge in [0.25, 0.3) is 0 Å². The summed E-state index contributed by atoms with van der Waals surface area (Å²) >= 11 is 0. The maximum absolute atomic E-state index is 12.9. The molecule has 0 aliphatic rings.